The molecule has 15 heteroatoms. The van der Waals surface area contributed by atoms with Crippen LogP contribution in [-0.4, -0.2) is 13.7 Å². The van der Waals surface area contributed by atoms with E-state index in [0.717, 1.165) is 117 Å². The van der Waals surface area contributed by atoms with Crippen molar-refractivity contribution < 1.29 is 0 Å². The van der Waals surface area contributed by atoms with E-state index >= 15 is 0 Å². The maximum atomic E-state index is 10.4. The van der Waals surface area contributed by atoms with E-state index < -0.39 is 0 Å². The standard InChI is InChI=1S/3C44H23N3S2/c1-46-37-14-5-2-10-29(37)26-17-19-40-33(21-26)35-23-43-36(24-42(35)48-40)34-22-27(18-20-41(34)49-43)30-13-8-9-28(25-45)44(30)47-38-15-6-3-11-31(38)32-12-4-7-16-39(32)47;1-46-30-10-6-8-26(20-30)27-16-18-40-34(21-27)36-23-43-37(24-42(36)48-40)35-22-28(17-19-41(35)49-43)31-13-7-9-29(25-45)44(31)47-38-14-4-2-11-32(38)33-12-3-5-15-39(33)47;1-46-30-17-13-26(14-18-30)27-15-19-40-34(21-27)36-23-43-37(24-42(36)48-40)35-22-28(16-20-41(35)49-43)31-10-6-7-29(25-45)44(31)47-38-11-4-2-8-32(38)33-9-3-5-12-39(33)47/h3*2-24H. The quantitative estimate of drug-likeness (QED) is 0.135. The highest BCUT2D eigenvalue weighted by atomic mass is 32.1. The number of hydrogen-bond donors (Lipinski definition) is 0. The fourth-order valence-electron chi connectivity index (χ4n) is 22.3. The number of thiophene rings is 6. The molecule has 9 heterocycles. The molecule has 0 amide bonds. The predicted molar refractivity (Wildman–Crippen MR) is 625 cm³/mol. The van der Waals surface area contributed by atoms with Crippen molar-refractivity contribution in [1.29, 1.82) is 15.8 Å². The van der Waals surface area contributed by atoms with E-state index in [9.17, 15) is 15.8 Å². The fraction of sp³-hybridized carbons (Fsp3) is 0. The van der Waals surface area contributed by atoms with Crippen LogP contribution in [0.3, 0.4) is 0 Å². The van der Waals surface area contributed by atoms with E-state index in [4.69, 9.17) is 19.7 Å². The van der Waals surface area contributed by atoms with Gasteiger partial charge < -0.3 is 13.7 Å². The Morgan fingerprint density at radius 3 is 0.714 bits per heavy atom. The van der Waals surface area contributed by atoms with E-state index in [1.807, 2.05) is 171 Å². The highest BCUT2D eigenvalue weighted by Crippen LogP contribution is 2.52. The number of hydrogen-bond acceptors (Lipinski definition) is 9. The zero-order chi connectivity index (χ0) is 97.9. The minimum Gasteiger partial charge on any atom is -0.307 e. The molecule has 21 aromatic carbocycles. The van der Waals surface area contributed by atoms with Crippen molar-refractivity contribution >= 4 is 272 Å². The smallest absolute Gasteiger partial charge is 0.194 e. The van der Waals surface area contributed by atoms with E-state index in [1.165, 1.54) is 153 Å². The molecule has 0 aliphatic heterocycles. The molecule has 0 saturated carbocycles. The maximum absolute atomic E-state index is 10.4. The zero-order valence-electron chi connectivity index (χ0n) is 77.8. The van der Waals surface area contributed by atoms with Crippen LogP contribution in [0.1, 0.15) is 16.7 Å². The lowest BCUT2D eigenvalue weighted by molar-refractivity contribution is 1.17. The molecule has 9 aromatic heterocycles. The van der Waals surface area contributed by atoms with E-state index in [-0.39, 0.29) is 0 Å². The molecule has 0 radical (unpaired) electrons. The second kappa shape index (κ2) is 34.6. The van der Waals surface area contributed by atoms with Crippen LogP contribution in [0.4, 0.5) is 17.1 Å². The van der Waals surface area contributed by atoms with Gasteiger partial charge in [0.05, 0.1) is 86.6 Å². The van der Waals surface area contributed by atoms with Gasteiger partial charge >= 0.3 is 0 Å². The van der Waals surface area contributed by atoms with Gasteiger partial charge in [-0.25, -0.2) is 14.5 Å². The Labute approximate surface area is 865 Å². The normalized spacial score (nSPS) is 11.6. The molecular formula is C132H69N9S6. The molecule has 0 aliphatic carbocycles. The van der Waals surface area contributed by atoms with Gasteiger partial charge in [0.2, 0.25) is 0 Å². The molecule has 0 atom stereocenters. The minimum absolute atomic E-state index is 0.643. The summed E-state index contributed by atoms with van der Waals surface area (Å²) in [7, 11) is 0. The highest BCUT2D eigenvalue weighted by molar-refractivity contribution is 7.29. The molecule has 9 nitrogen and oxygen atoms in total. The lowest BCUT2D eigenvalue weighted by Gasteiger charge is -2.16. The number of para-hydroxylation sites is 10. The molecule has 0 saturated heterocycles. The topological polar surface area (TPSA) is 99.2 Å². The van der Waals surface area contributed by atoms with E-state index in [0.29, 0.717) is 33.8 Å². The Bertz CT molecular complexity index is 11100. The minimum atomic E-state index is 0.643. The van der Waals surface area contributed by atoms with Crippen LogP contribution in [0.25, 0.3) is 285 Å². The highest BCUT2D eigenvalue weighted by Gasteiger charge is 2.27. The lowest BCUT2D eigenvalue weighted by atomic mass is 9.98. The Morgan fingerprint density at radius 2 is 0.415 bits per heavy atom. The Balaban J connectivity index is 0.000000107. The van der Waals surface area contributed by atoms with Crippen LogP contribution in [0, 0.1) is 53.7 Å². The molecule has 30 aromatic rings. The predicted octanol–water partition coefficient (Wildman–Crippen LogP) is 39.8. The lowest BCUT2D eigenvalue weighted by Crippen LogP contribution is -2.00. The van der Waals surface area contributed by atoms with Crippen molar-refractivity contribution in [2.45, 2.75) is 0 Å². The summed E-state index contributed by atoms with van der Waals surface area (Å²) in [5.41, 5.74) is 26.0. The summed E-state index contributed by atoms with van der Waals surface area (Å²) in [5, 5.41) is 53.2. The number of benzene rings is 21. The van der Waals surface area contributed by atoms with Crippen LogP contribution >= 0.6 is 68.0 Å². The molecule has 0 N–H and O–H groups in total. The van der Waals surface area contributed by atoms with Gasteiger partial charge in [-0.2, -0.15) is 15.8 Å². The molecule has 0 spiro atoms. The van der Waals surface area contributed by atoms with Crippen LogP contribution in [0.2, 0.25) is 0 Å². The van der Waals surface area contributed by atoms with E-state index in [1.54, 1.807) is 0 Å². The van der Waals surface area contributed by atoms with Gasteiger partial charge in [0.1, 0.15) is 18.2 Å². The second-order valence-corrected chi connectivity index (χ2v) is 43.4. The molecule has 30 rings (SSSR count). The molecule has 0 aliphatic rings. The van der Waals surface area contributed by atoms with Crippen molar-refractivity contribution in [2.24, 2.45) is 0 Å². The van der Waals surface area contributed by atoms with Crippen molar-refractivity contribution in [3.8, 4) is 102 Å². The SMILES string of the molecule is [C-]#[N+]c1ccc(-c2ccc3sc4cc5c(cc4c3c2)sc2ccc(-c3cccc(C#N)c3-n3c4ccccc4c4ccccc43)cc25)cc1.[C-]#[N+]c1cccc(-c2ccc3sc4cc5c(cc4c3c2)sc2ccc(-c3cccc(C#N)c3-n3c4ccccc4c4ccccc43)cc25)c1.[C-]#[N+]c1ccccc1-c1ccc2sc3cc4c(cc3c2c1)sc1ccc(-c2cccc(C#N)c2-n2c3ccccc3c3ccccc32)cc14. The number of rotatable bonds is 9. The van der Waals surface area contributed by atoms with Crippen molar-refractivity contribution in [1.82, 2.24) is 13.7 Å². The number of nitriles is 3. The first-order chi connectivity index (χ1) is 72.6. The number of fused-ring (bicyclic) bond motifs is 27. The summed E-state index contributed by atoms with van der Waals surface area (Å²) in [4.78, 5) is 10.9. The summed E-state index contributed by atoms with van der Waals surface area (Å²) in [6.45, 7) is 22.4. The summed E-state index contributed by atoms with van der Waals surface area (Å²) >= 11 is 10.9. The number of aromatic nitrogens is 3. The zero-order valence-corrected chi connectivity index (χ0v) is 82.7. The molecule has 678 valence electrons. The molecule has 0 fully saturated rings. The van der Waals surface area contributed by atoms with Gasteiger partial charge in [-0.05, 0) is 220 Å². The summed E-state index contributed by atoms with van der Waals surface area (Å²) in [6.07, 6.45) is 0. The Hall–Kier alpha value is -18.7. The van der Waals surface area contributed by atoms with Gasteiger partial charge in [0.25, 0.3) is 0 Å². The Kier molecular flexibility index (Phi) is 20.3. The summed E-state index contributed by atoms with van der Waals surface area (Å²) in [5.74, 6) is 0. The number of nitrogens with zero attached hydrogens (tertiary/aromatic N) is 9. The van der Waals surface area contributed by atoms with Gasteiger partial charge in [-0.1, -0.05) is 249 Å². The third-order valence-electron chi connectivity index (χ3n) is 29.0. The van der Waals surface area contributed by atoms with Crippen molar-refractivity contribution in [2.75, 3.05) is 0 Å². The Morgan fingerprint density at radius 1 is 0.177 bits per heavy atom. The van der Waals surface area contributed by atoms with Crippen LogP contribution in [-0.2, 0) is 0 Å². The molecular weight excluding hydrogens is 1900 g/mol. The molecule has 0 unspecified atom stereocenters. The largest absolute Gasteiger partial charge is 0.307 e. The third kappa shape index (κ3) is 14.0. The van der Waals surface area contributed by atoms with Gasteiger partial charge in [0.15, 0.2) is 17.1 Å². The summed E-state index contributed by atoms with van der Waals surface area (Å²) < 4.78 is 21.8. The van der Waals surface area contributed by atoms with Crippen LogP contribution in [0.5, 0.6) is 0 Å². The maximum Gasteiger partial charge on any atom is 0.194 e. The first-order valence-corrected chi connectivity index (χ1v) is 52.9. The van der Waals surface area contributed by atoms with Crippen LogP contribution in [0.15, 0.2) is 419 Å². The third-order valence-corrected chi connectivity index (χ3v) is 35.8. The average molecular weight is 1970 g/mol. The van der Waals surface area contributed by atoms with Crippen LogP contribution < -0.4 is 0 Å². The van der Waals surface area contributed by atoms with Gasteiger partial charge in [-0.15, -0.1) is 68.0 Å². The first-order valence-electron chi connectivity index (χ1n) is 48.0. The van der Waals surface area contributed by atoms with Crippen molar-refractivity contribution in [3.63, 3.8) is 0 Å². The molecule has 0 bridgehead atoms. The summed E-state index contributed by atoms with van der Waals surface area (Å²) in [6, 6.07) is 154. The average Bonchev–Trinajstić information content (AvgIpc) is 1.59. The van der Waals surface area contributed by atoms with Crippen molar-refractivity contribution in [3.05, 3.63) is 470 Å². The monoisotopic (exact) mass is 1970 g/mol. The van der Waals surface area contributed by atoms with Gasteiger partial charge in [0, 0.05) is 170 Å². The fourth-order valence-corrected chi connectivity index (χ4v) is 28.9. The first kappa shape index (κ1) is 86.2. The van der Waals surface area contributed by atoms with E-state index in [2.05, 4.69) is 362 Å². The molecule has 147 heavy (non-hydrogen) atoms. The van der Waals surface area contributed by atoms with Gasteiger partial charge in [-0.3, -0.25) is 0 Å². The second-order valence-electron chi connectivity index (χ2n) is 36.9.